The summed E-state index contributed by atoms with van der Waals surface area (Å²) >= 11 is 0. The van der Waals surface area contributed by atoms with Gasteiger partial charge in [-0.15, -0.1) is 0 Å². The highest BCUT2D eigenvalue weighted by Gasteiger charge is 2.25. The van der Waals surface area contributed by atoms with Gasteiger partial charge in [-0.05, 0) is 38.5 Å². The minimum absolute atomic E-state index is 0.0864. The van der Waals surface area contributed by atoms with Crippen molar-refractivity contribution in [1.82, 2.24) is 10.2 Å². The lowest BCUT2D eigenvalue weighted by molar-refractivity contribution is 0.0283. The Bertz CT molecular complexity index is 802. The van der Waals surface area contributed by atoms with Crippen LogP contribution in [0.3, 0.4) is 0 Å². The standard InChI is InChI=1S/C22H29N3O3/c1-22(2,3)25(13-16-8-5-4-6-9-16)14-17(26)15-28-20-11-7-10-19-18(20)12-23-21(27)24-19/h4-11,17,26H,12-15H2,1-3H3,(H2,23,24,27). The van der Waals surface area contributed by atoms with Crippen molar-refractivity contribution in [2.24, 2.45) is 0 Å². The molecule has 6 nitrogen and oxygen atoms in total. The number of amides is 2. The number of nitrogens with one attached hydrogen (secondary N) is 2. The molecule has 1 aliphatic heterocycles. The molecule has 3 N–H and O–H groups in total. The molecule has 2 amide bonds. The lowest BCUT2D eigenvalue weighted by Gasteiger charge is -2.37. The number of hydrogen-bond donors (Lipinski definition) is 3. The Labute approximate surface area is 166 Å². The molecule has 0 bridgehead atoms. The van der Waals surface area contributed by atoms with E-state index < -0.39 is 6.10 Å². The number of hydrogen-bond acceptors (Lipinski definition) is 4. The number of anilines is 1. The highest BCUT2D eigenvalue weighted by Crippen LogP contribution is 2.28. The molecule has 1 heterocycles. The third-order valence-electron chi connectivity index (χ3n) is 4.83. The van der Waals surface area contributed by atoms with Gasteiger partial charge in [0.1, 0.15) is 18.5 Å². The monoisotopic (exact) mass is 383 g/mol. The third-order valence-corrected chi connectivity index (χ3v) is 4.83. The number of nitrogens with zero attached hydrogens (tertiary/aromatic N) is 1. The SMILES string of the molecule is CC(C)(C)N(Cc1ccccc1)CC(O)COc1cccc2c1CNC(=O)N2. The van der Waals surface area contributed by atoms with Crippen LogP contribution in [0.5, 0.6) is 5.75 Å². The van der Waals surface area contributed by atoms with Crippen molar-refractivity contribution in [2.75, 3.05) is 18.5 Å². The van der Waals surface area contributed by atoms with E-state index in [-0.39, 0.29) is 18.2 Å². The predicted molar refractivity (Wildman–Crippen MR) is 110 cm³/mol. The second kappa shape index (κ2) is 8.63. The van der Waals surface area contributed by atoms with Crippen LogP contribution in [0.25, 0.3) is 0 Å². The Balaban J connectivity index is 1.62. The Morgan fingerprint density at radius 3 is 2.61 bits per heavy atom. The molecule has 1 unspecified atom stereocenters. The molecule has 0 fully saturated rings. The van der Waals surface area contributed by atoms with Gasteiger partial charge >= 0.3 is 6.03 Å². The molecule has 0 aromatic heterocycles. The average molecular weight is 383 g/mol. The smallest absolute Gasteiger partial charge is 0.319 e. The molecule has 0 saturated heterocycles. The van der Waals surface area contributed by atoms with Crippen LogP contribution in [-0.4, -0.2) is 40.8 Å². The lowest BCUT2D eigenvalue weighted by atomic mass is 10.0. The van der Waals surface area contributed by atoms with E-state index in [1.54, 1.807) is 0 Å². The van der Waals surface area contributed by atoms with Gasteiger partial charge in [0.15, 0.2) is 0 Å². The first-order valence-electron chi connectivity index (χ1n) is 9.59. The van der Waals surface area contributed by atoms with E-state index in [2.05, 4.69) is 48.4 Å². The minimum atomic E-state index is -0.634. The van der Waals surface area contributed by atoms with Crippen molar-refractivity contribution in [3.8, 4) is 5.75 Å². The van der Waals surface area contributed by atoms with Crippen LogP contribution in [0, 0.1) is 0 Å². The number of benzene rings is 2. The Kier molecular flexibility index (Phi) is 6.21. The summed E-state index contributed by atoms with van der Waals surface area (Å²) in [7, 11) is 0. The van der Waals surface area contributed by atoms with Crippen molar-refractivity contribution in [3.05, 3.63) is 59.7 Å². The maximum Gasteiger partial charge on any atom is 0.319 e. The van der Waals surface area contributed by atoms with E-state index >= 15 is 0 Å². The molecule has 1 aliphatic rings. The quantitative estimate of drug-likeness (QED) is 0.685. The number of urea groups is 1. The van der Waals surface area contributed by atoms with Crippen molar-refractivity contribution in [1.29, 1.82) is 0 Å². The fourth-order valence-corrected chi connectivity index (χ4v) is 3.21. The van der Waals surface area contributed by atoms with E-state index in [1.807, 2.05) is 36.4 Å². The van der Waals surface area contributed by atoms with Gasteiger partial charge in [-0.2, -0.15) is 0 Å². The molecule has 0 aliphatic carbocycles. The van der Waals surface area contributed by atoms with E-state index in [1.165, 1.54) is 5.56 Å². The first kappa shape index (κ1) is 20.2. The molecule has 2 aromatic carbocycles. The summed E-state index contributed by atoms with van der Waals surface area (Å²) in [5.74, 6) is 0.675. The van der Waals surface area contributed by atoms with Crippen LogP contribution in [0.4, 0.5) is 10.5 Å². The maximum absolute atomic E-state index is 11.5. The molecule has 1 atom stereocenters. The summed E-state index contributed by atoms with van der Waals surface area (Å²) in [4.78, 5) is 13.7. The van der Waals surface area contributed by atoms with Gasteiger partial charge in [-0.3, -0.25) is 4.90 Å². The summed E-state index contributed by atoms with van der Waals surface area (Å²) in [6, 6.07) is 15.6. The van der Waals surface area contributed by atoms with Gasteiger partial charge < -0.3 is 20.5 Å². The highest BCUT2D eigenvalue weighted by molar-refractivity contribution is 5.92. The first-order valence-corrected chi connectivity index (χ1v) is 9.59. The molecule has 6 heteroatoms. The molecule has 0 saturated carbocycles. The minimum Gasteiger partial charge on any atom is -0.490 e. The third kappa shape index (κ3) is 5.24. The number of ether oxygens (including phenoxy) is 1. The fourth-order valence-electron chi connectivity index (χ4n) is 3.21. The topological polar surface area (TPSA) is 73.8 Å². The predicted octanol–water partition coefficient (Wildman–Crippen LogP) is 3.36. The van der Waals surface area contributed by atoms with Gasteiger partial charge in [0.25, 0.3) is 0 Å². The second-order valence-corrected chi connectivity index (χ2v) is 8.09. The van der Waals surface area contributed by atoms with Crippen LogP contribution < -0.4 is 15.4 Å². The van der Waals surface area contributed by atoms with Gasteiger partial charge in [-0.25, -0.2) is 4.79 Å². The van der Waals surface area contributed by atoms with Crippen LogP contribution >= 0.6 is 0 Å². The largest absolute Gasteiger partial charge is 0.490 e. The van der Waals surface area contributed by atoms with Crippen molar-refractivity contribution in [3.63, 3.8) is 0 Å². The van der Waals surface area contributed by atoms with E-state index in [0.29, 0.717) is 18.8 Å². The molecule has 2 aromatic rings. The van der Waals surface area contributed by atoms with Gasteiger partial charge in [-0.1, -0.05) is 36.4 Å². The Morgan fingerprint density at radius 2 is 1.89 bits per heavy atom. The number of aliphatic hydroxyl groups is 1. The number of carbonyl (C=O) groups is 1. The number of carbonyl (C=O) groups excluding carboxylic acids is 1. The van der Waals surface area contributed by atoms with Crippen LogP contribution in [0.15, 0.2) is 48.5 Å². The zero-order valence-electron chi connectivity index (χ0n) is 16.7. The summed E-state index contributed by atoms with van der Waals surface area (Å²) in [5.41, 5.74) is 2.77. The fraction of sp³-hybridized carbons (Fsp3) is 0.409. The summed E-state index contributed by atoms with van der Waals surface area (Å²) < 4.78 is 5.90. The maximum atomic E-state index is 11.5. The Morgan fingerprint density at radius 1 is 1.14 bits per heavy atom. The van der Waals surface area contributed by atoms with Crippen LogP contribution in [0.2, 0.25) is 0 Å². The zero-order valence-corrected chi connectivity index (χ0v) is 16.7. The molecule has 150 valence electrons. The molecule has 28 heavy (non-hydrogen) atoms. The summed E-state index contributed by atoms with van der Waals surface area (Å²) in [6.45, 7) is 8.30. The number of β-amino-alcohol motifs (C(OH)–C–C–N with tert-alkyl or cyclic N) is 1. The summed E-state index contributed by atoms with van der Waals surface area (Å²) in [5, 5.41) is 16.1. The van der Waals surface area contributed by atoms with Crippen LogP contribution in [-0.2, 0) is 13.1 Å². The van der Waals surface area contributed by atoms with E-state index in [9.17, 15) is 9.90 Å². The Hall–Kier alpha value is -2.57. The number of fused-ring (bicyclic) bond motifs is 1. The van der Waals surface area contributed by atoms with Crippen molar-refractivity contribution in [2.45, 2.75) is 45.5 Å². The van der Waals surface area contributed by atoms with E-state index in [4.69, 9.17) is 4.74 Å². The van der Waals surface area contributed by atoms with Crippen molar-refractivity contribution >= 4 is 11.7 Å². The average Bonchev–Trinajstić information content (AvgIpc) is 2.65. The van der Waals surface area contributed by atoms with Gasteiger partial charge in [0.2, 0.25) is 0 Å². The van der Waals surface area contributed by atoms with Gasteiger partial charge in [0.05, 0.1) is 12.2 Å². The van der Waals surface area contributed by atoms with Gasteiger partial charge in [0, 0.05) is 24.2 Å². The zero-order chi connectivity index (χ0) is 20.1. The molecular formula is C22H29N3O3. The number of rotatable bonds is 7. The number of aliphatic hydroxyl groups excluding tert-OH is 1. The normalized spacial score (nSPS) is 14.8. The molecular weight excluding hydrogens is 354 g/mol. The second-order valence-electron chi connectivity index (χ2n) is 8.09. The molecule has 0 spiro atoms. The molecule has 0 radical (unpaired) electrons. The highest BCUT2D eigenvalue weighted by atomic mass is 16.5. The molecule has 3 rings (SSSR count). The summed E-state index contributed by atoms with van der Waals surface area (Å²) in [6.07, 6.45) is -0.634. The first-order chi connectivity index (χ1) is 13.3. The van der Waals surface area contributed by atoms with Crippen molar-refractivity contribution < 1.29 is 14.6 Å². The van der Waals surface area contributed by atoms with E-state index in [0.717, 1.165) is 17.8 Å². The van der Waals surface area contributed by atoms with Crippen LogP contribution in [0.1, 0.15) is 31.9 Å². The lowest BCUT2D eigenvalue weighted by Crippen LogP contribution is -2.46.